The molecule has 0 unspecified atom stereocenters. The summed E-state index contributed by atoms with van der Waals surface area (Å²) in [5, 5.41) is 11.8. The van der Waals surface area contributed by atoms with Crippen molar-refractivity contribution in [3.63, 3.8) is 0 Å². The number of aromatic amines is 1. The molecule has 0 saturated heterocycles. The zero-order valence-electron chi connectivity index (χ0n) is 15.5. The largest absolute Gasteiger partial charge is 0.361 e. The van der Waals surface area contributed by atoms with Gasteiger partial charge in [-0.2, -0.15) is 0 Å². The van der Waals surface area contributed by atoms with Crippen LogP contribution in [-0.2, 0) is 12.8 Å². The normalized spacial score (nSPS) is 11.4. The lowest BCUT2D eigenvalue weighted by atomic mass is 10.1. The van der Waals surface area contributed by atoms with Gasteiger partial charge in [0.15, 0.2) is 5.96 Å². The van der Waals surface area contributed by atoms with Gasteiger partial charge in [-0.3, -0.25) is 4.99 Å². The molecule has 0 bridgehead atoms. The summed E-state index contributed by atoms with van der Waals surface area (Å²) in [6.07, 6.45) is 3.81. The van der Waals surface area contributed by atoms with Crippen molar-refractivity contribution >= 4 is 63.8 Å². The smallest absolute Gasteiger partial charge is 0.191 e. The van der Waals surface area contributed by atoms with E-state index in [4.69, 9.17) is 11.6 Å². The quantitative estimate of drug-likeness (QED) is 0.245. The molecule has 0 aliphatic heterocycles. The Morgan fingerprint density at radius 3 is 2.89 bits per heavy atom. The van der Waals surface area contributed by atoms with Crippen molar-refractivity contribution in [1.29, 1.82) is 0 Å². The van der Waals surface area contributed by atoms with E-state index in [2.05, 4.69) is 44.1 Å². The number of aliphatic imine (C=N–C) groups is 1. The minimum Gasteiger partial charge on any atom is -0.361 e. The van der Waals surface area contributed by atoms with Crippen molar-refractivity contribution in [3.8, 4) is 0 Å². The van der Waals surface area contributed by atoms with Gasteiger partial charge in [-0.1, -0.05) is 11.6 Å². The van der Waals surface area contributed by atoms with Crippen molar-refractivity contribution in [1.82, 2.24) is 20.6 Å². The van der Waals surface area contributed by atoms with E-state index in [9.17, 15) is 0 Å². The Labute approximate surface area is 186 Å². The summed E-state index contributed by atoms with van der Waals surface area (Å²) in [6.45, 7) is 6.47. The molecule has 0 atom stereocenters. The lowest BCUT2D eigenvalue weighted by Crippen LogP contribution is -2.38. The Balaban J connectivity index is 0.00000261. The maximum Gasteiger partial charge on any atom is 0.191 e. The minimum absolute atomic E-state index is 0. The molecule has 0 saturated carbocycles. The van der Waals surface area contributed by atoms with Gasteiger partial charge >= 0.3 is 0 Å². The zero-order valence-corrected chi connectivity index (χ0v) is 19.4. The van der Waals surface area contributed by atoms with E-state index in [1.807, 2.05) is 25.1 Å². The van der Waals surface area contributed by atoms with Crippen LogP contribution < -0.4 is 10.6 Å². The van der Waals surface area contributed by atoms with Crippen molar-refractivity contribution < 1.29 is 0 Å². The van der Waals surface area contributed by atoms with E-state index in [0.29, 0.717) is 0 Å². The monoisotopic (exact) mass is 517 g/mol. The number of nitrogens with one attached hydrogen (secondary N) is 3. The van der Waals surface area contributed by atoms with E-state index < -0.39 is 0 Å². The first-order valence-corrected chi connectivity index (χ1v) is 10.1. The molecule has 1 aromatic carbocycles. The summed E-state index contributed by atoms with van der Waals surface area (Å²) in [4.78, 5) is 12.4. The molecule has 27 heavy (non-hydrogen) atoms. The molecule has 3 N–H and O–H groups in total. The first-order valence-electron chi connectivity index (χ1n) is 8.84. The van der Waals surface area contributed by atoms with Crippen LogP contribution in [-0.4, -0.2) is 35.6 Å². The summed E-state index contributed by atoms with van der Waals surface area (Å²) in [5.41, 5.74) is 3.48. The molecule has 146 valence electrons. The molecule has 8 heteroatoms. The van der Waals surface area contributed by atoms with Gasteiger partial charge in [0.25, 0.3) is 0 Å². The zero-order chi connectivity index (χ0) is 18.4. The second kappa shape index (κ2) is 10.9. The fourth-order valence-electron chi connectivity index (χ4n) is 2.82. The van der Waals surface area contributed by atoms with Crippen LogP contribution in [0.15, 0.2) is 34.8 Å². The summed E-state index contributed by atoms with van der Waals surface area (Å²) < 4.78 is 0. The SMILES string of the molecule is CCNC(=NCCc1csc(C)n1)NCCc1c[nH]c2ccc(Cl)cc12.I. The average molecular weight is 518 g/mol. The average Bonchev–Trinajstić information content (AvgIpc) is 3.21. The standard InChI is InChI=1S/C19H24ClN5S.HI/c1-3-21-19(23-9-7-16-12-26-13(2)25-16)22-8-6-14-11-24-18-5-4-15(20)10-17(14)18;/h4-5,10-12,24H,3,6-9H2,1-2H3,(H2,21,22,23);1H. The highest BCUT2D eigenvalue weighted by Gasteiger charge is 2.05. The highest BCUT2D eigenvalue weighted by atomic mass is 127. The third-order valence-electron chi connectivity index (χ3n) is 4.06. The Kier molecular flexibility index (Phi) is 8.85. The van der Waals surface area contributed by atoms with E-state index >= 15 is 0 Å². The second-order valence-electron chi connectivity index (χ2n) is 6.05. The maximum atomic E-state index is 6.12. The first-order chi connectivity index (χ1) is 12.7. The van der Waals surface area contributed by atoms with Gasteiger partial charge in [0.2, 0.25) is 0 Å². The summed E-state index contributed by atoms with van der Waals surface area (Å²) in [7, 11) is 0. The Hall–Kier alpha value is -1.32. The van der Waals surface area contributed by atoms with Gasteiger partial charge in [0.05, 0.1) is 10.7 Å². The molecule has 5 nitrogen and oxygen atoms in total. The molecule has 2 aromatic heterocycles. The molecule has 0 aliphatic rings. The van der Waals surface area contributed by atoms with Gasteiger partial charge < -0.3 is 15.6 Å². The lowest BCUT2D eigenvalue weighted by Gasteiger charge is -2.11. The predicted octanol–water partition coefficient (Wildman–Crippen LogP) is 4.54. The molecule has 3 rings (SSSR count). The second-order valence-corrected chi connectivity index (χ2v) is 7.55. The van der Waals surface area contributed by atoms with Gasteiger partial charge in [0, 0.05) is 53.6 Å². The highest BCUT2D eigenvalue weighted by molar-refractivity contribution is 14.0. The molecule has 0 radical (unpaired) electrons. The third-order valence-corrected chi connectivity index (χ3v) is 5.12. The van der Waals surface area contributed by atoms with E-state index in [1.54, 1.807) is 11.3 Å². The number of fused-ring (bicyclic) bond motifs is 1. The number of halogens is 2. The van der Waals surface area contributed by atoms with Crippen LogP contribution in [0.4, 0.5) is 0 Å². The molecular weight excluding hydrogens is 493 g/mol. The molecule has 0 fully saturated rings. The van der Waals surface area contributed by atoms with Crippen LogP contribution in [0.5, 0.6) is 0 Å². The number of aromatic nitrogens is 2. The molecular formula is C19H25ClIN5S. The van der Waals surface area contributed by atoms with Crippen molar-refractivity contribution in [2.24, 2.45) is 4.99 Å². The van der Waals surface area contributed by atoms with Crippen LogP contribution in [0.2, 0.25) is 5.02 Å². The molecule has 2 heterocycles. The number of benzene rings is 1. The van der Waals surface area contributed by atoms with Crippen LogP contribution in [0.1, 0.15) is 23.2 Å². The highest BCUT2D eigenvalue weighted by Crippen LogP contribution is 2.22. The fourth-order valence-corrected chi connectivity index (χ4v) is 3.64. The molecule has 0 spiro atoms. The van der Waals surface area contributed by atoms with Crippen LogP contribution in [0.3, 0.4) is 0 Å². The maximum absolute atomic E-state index is 6.12. The Morgan fingerprint density at radius 1 is 1.30 bits per heavy atom. The van der Waals surface area contributed by atoms with Crippen molar-refractivity contribution in [3.05, 3.63) is 51.1 Å². The van der Waals surface area contributed by atoms with Gasteiger partial charge in [-0.25, -0.2) is 4.98 Å². The first kappa shape index (κ1) is 22.0. The number of hydrogen-bond donors (Lipinski definition) is 3. The number of thiazole rings is 1. The number of hydrogen-bond acceptors (Lipinski definition) is 3. The molecule has 3 aromatic rings. The van der Waals surface area contributed by atoms with Gasteiger partial charge in [-0.05, 0) is 44.0 Å². The van der Waals surface area contributed by atoms with Crippen LogP contribution in [0, 0.1) is 6.92 Å². The van der Waals surface area contributed by atoms with Crippen molar-refractivity contribution in [2.75, 3.05) is 19.6 Å². The molecule has 0 aliphatic carbocycles. The summed E-state index contributed by atoms with van der Waals surface area (Å²) >= 11 is 7.80. The van der Waals surface area contributed by atoms with Crippen LogP contribution in [0.25, 0.3) is 10.9 Å². The van der Waals surface area contributed by atoms with Gasteiger partial charge in [-0.15, -0.1) is 35.3 Å². The summed E-state index contributed by atoms with van der Waals surface area (Å²) in [6, 6.07) is 5.93. The number of aryl methyl sites for hydroxylation is 1. The van der Waals surface area contributed by atoms with Crippen LogP contribution >= 0.6 is 46.9 Å². The van der Waals surface area contributed by atoms with E-state index in [0.717, 1.165) is 59.7 Å². The Morgan fingerprint density at radius 2 is 2.15 bits per heavy atom. The fraction of sp³-hybridized carbons (Fsp3) is 0.368. The Bertz CT molecular complexity index is 889. The number of guanidine groups is 1. The lowest BCUT2D eigenvalue weighted by molar-refractivity contribution is 0.796. The number of H-pyrrole nitrogens is 1. The topological polar surface area (TPSA) is 65.1 Å². The third kappa shape index (κ3) is 6.36. The van der Waals surface area contributed by atoms with E-state index in [-0.39, 0.29) is 24.0 Å². The number of nitrogens with zero attached hydrogens (tertiary/aromatic N) is 2. The summed E-state index contributed by atoms with van der Waals surface area (Å²) in [5.74, 6) is 0.845. The van der Waals surface area contributed by atoms with E-state index in [1.165, 1.54) is 10.9 Å². The predicted molar refractivity (Wildman–Crippen MR) is 127 cm³/mol. The van der Waals surface area contributed by atoms with Gasteiger partial charge in [0.1, 0.15) is 0 Å². The van der Waals surface area contributed by atoms with Crippen molar-refractivity contribution in [2.45, 2.75) is 26.7 Å². The number of rotatable bonds is 7. The molecule has 0 amide bonds. The minimum atomic E-state index is 0.